The van der Waals surface area contributed by atoms with E-state index in [-0.39, 0.29) is 72.3 Å². The molecule has 344 valence electrons. The third kappa shape index (κ3) is 7.90. The first-order valence-corrected chi connectivity index (χ1v) is 24.0. The van der Waals surface area contributed by atoms with Crippen molar-refractivity contribution >= 4 is 47.2 Å². The Bertz CT molecular complexity index is 2320. The number of allylic oxidation sites excluding steroid dienone is 5. The fraction of sp³-hybridized carbons (Fsp3) is 0.580. The smallest absolute Gasteiger partial charge is 0.315 e. The van der Waals surface area contributed by atoms with Crippen molar-refractivity contribution in [1.82, 2.24) is 21.3 Å². The van der Waals surface area contributed by atoms with Gasteiger partial charge < -0.3 is 40.6 Å². The number of hydrogen-bond donors (Lipinski definition) is 5. The van der Waals surface area contributed by atoms with Crippen molar-refractivity contribution in [3.05, 3.63) is 69.4 Å². The summed E-state index contributed by atoms with van der Waals surface area (Å²) >= 11 is 1.86. The van der Waals surface area contributed by atoms with E-state index in [4.69, 9.17) is 14.2 Å². The van der Waals surface area contributed by atoms with E-state index in [2.05, 4.69) is 41.2 Å². The lowest BCUT2D eigenvalue weighted by atomic mass is 9.51. The number of benzene rings is 1. The van der Waals surface area contributed by atoms with Gasteiger partial charge in [-0.25, -0.2) is 4.79 Å². The number of thioether (sulfide) groups is 1. The summed E-state index contributed by atoms with van der Waals surface area (Å²) in [4.78, 5) is 67.6. The highest BCUT2D eigenvalue weighted by Crippen LogP contribution is 2.68. The average molecular weight is 897 g/mol. The van der Waals surface area contributed by atoms with E-state index in [0.29, 0.717) is 59.0 Å². The van der Waals surface area contributed by atoms with Gasteiger partial charge in [0.25, 0.3) is 0 Å². The van der Waals surface area contributed by atoms with E-state index < -0.39 is 40.0 Å². The maximum absolute atomic E-state index is 15.1. The zero-order valence-corrected chi connectivity index (χ0v) is 39.3. The number of phenolic OH excluding ortho intramolecular Hbond substituents is 1. The van der Waals surface area contributed by atoms with Crippen LogP contribution in [0.2, 0.25) is 0 Å². The molecule has 5 unspecified atom stereocenters. The van der Waals surface area contributed by atoms with Crippen molar-refractivity contribution in [2.24, 2.45) is 11.8 Å². The second-order valence-corrected chi connectivity index (χ2v) is 21.2. The summed E-state index contributed by atoms with van der Waals surface area (Å²) in [6, 6.07) is 0.230. The number of fused-ring (bicyclic) bond motifs is 3. The number of unbranched alkanes of at least 4 members (excludes halogenated alkanes) is 1. The highest BCUT2D eigenvalue weighted by Gasteiger charge is 2.81. The molecule has 64 heavy (non-hydrogen) atoms. The number of amides is 4. The molecule has 1 saturated carbocycles. The van der Waals surface area contributed by atoms with Crippen LogP contribution in [-0.4, -0.2) is 93.1 Å². The third-order valence-electron chi connectivity index (χ3n) is 14.3. The first-order chi connectivity index (χ1) is 30.3. The molecule has 1 aromatic rings. The minimum absolute atomic E-state index is 0.0241. The number of carbonyl (C=O) groups is 5. The number of hydrogen-bond acceptors (Lipinski definition) is 10. The van der Waals surface area contributed by atoms with Crippen LogP contribution in [0.1, 0.15) is 128 Å². The maximum atomic E-state index is 15.1. The number of Topliss-reactive ketones (excluding diaryl/α,β-unsaturated/α-hetero) is 2. The Morgan fingerprint density at radius 2 is 1.70 bits per heavy atom. The molecule has 4 amide bonds. The molecular formula is C50H64N4O9S. The zero-order chi connectivity index (χ0) is 45.9. The summed E-state index contributed by atoms with van der Waals surface area (Å²) in [5.41, 5.74) is -0.761. The molecule has 0 radical (unpaired) electrons. The summed E-state index contributed by atoms with van der Waals surface area (Å²) in [5.74, 6) is -0.729. The summed E-state index contributed by atoms with van der Waals surface area (Å²) in [5, 5.41) is 24.1. The van der Waals surface area contributed by atoms with E-state index in [9.17, 15) is 24.3 Å². The van der Waals surface area contributed by atoms with E-state index in [1.165, 1.54) is 5.57 Å². The normalized spacial score (nSPS) is 31.0. The number of urea groups is 1. The van der Waals surface area contributed by atoms with Crippen molar-refractivity contribution in [2.75, 3.05) is 18.8 Å². The Balaban J connectivity index is 0.993. The number of ketones is 2. The Labute approximate surface area is 380 Å². The van der Waals surface area contributed by atoms with E-state index >= 15 is 4.79 Å². The van der Waals surface area contributed by atoms with Crippen LogP contribution in [0.4, 0.5) is 4.79 Å². The van der Waals surface area contributed by atoms with Gasteiger partial charge in [0.15, 0.2) is 22.8 Å². The molecular weight excluding hydrogens is 833 g/mol. The molecule has 4 fully saturated rings. The van der Waals surface area contributed by atoms with Gasteiger partial charge in [-0.2, -0.15) is 11.8 Å². The summed E-state index contributed by atoms with van der Waals surface area (Å²) < 4.78 is 21.1. The maximum Gasteiger partial charge on any atom is 0.315 e. The monoisotopic (exact) mass is 896 g/mol. The molecule has 5 N–H and O–H groups in total. The molecule has 4 bridgehead atoms. The molecule has 5 aliphatic heterocycles. The number of ether oxygens (including phenoxy) is 3. The molecule has 3 aliphatic carbocycles. The van der Waals surface area contributed by atoms with Crippen molar-refractivity contribution < 1.29 is 43.3 Å². The fourth-order valence-electron chi connectivity index (χ4n) is 11.1. The predicted octanol–water partition coefficient (Wildman–Crippen LogP) is 7.11. The summed E-state index contributed by atoms with van der Waals surface area (Å²) in [6.07, 6.45) is 16.6. The summed E-state index contributed by atoms with van der Waals surface area (Å²) in [7, 11) is 0. The first kappa shape index (κ1) is 45.7. The van der Waals surface area contributed by atoms with Crippen LogP contribution in [0.5, 0.6) is 17.2 Å². The Morgan fingerprint density at radius 3 is 2.45 bits per heavy atom. The molecule has 1 spiro atoms. The molecule has 9 rings (SSSR count). The van der Waals surface area contributed by atoms with E-state index in [0.717, 1.165) is 37.0 Å². The highest BCUT2D eigenvalue weighted by molar-refractivity contribution is 8.00. The molecule has 13 nitrogen and oxygen atoms in total. The first-order valence-electron chi connectivity index (χ1n) is 23.0. The highest BCUT2D eigenvalue weighted by atomic mass is 32.2. The molecule has 0 aromatic heterocycles. The lowest BCUT2D eigenvalue weighted by molar-refractivity contribution is -0.171. The van der Waals surface area contributed by atoms with Crippen LogP contribution < -0.4 is 30.7 Å². The van der Waals surface area contributed by atoms with Crippen molar-refractivity contribution in [3.63, 3.8) is 0 Å². The number of rotatable bonds is 16. The number of nitrogens with one attached hydrogen (secondary N) is 4. The van der Waals surface area contributed by atoms with Gasteiger partial charge in [-0.1, -0.05) is 41.9 Å². The van der Waals surface area contributed by atoms with Gasteiger partial charge in [-0.05, 0) is 106 Å². The van der Waals surface area contributed by atoms with Crippen LogP contribution in [-0.2, 0) is 25.5 Å². The second-order valence-electron chi connectivity index (χ2n) is 19.9. The fourth-order valence-corrected chi connectivity index (χ4v) is 12.6. The van der Waals surface area contributed by atoms with Gasteiger partial charge in [-0.3, -0.25) is 19.2 Å². The second kappa shape index (κ2) is 17.2. The van der Waals surface area contributed by atoms with Gasteiger partial charge in [0, 0.05) is 65.5 Å². The minimum Gasteiger partial charge on any atom is -0.506 e. The number of aromatic hydroxyl groups is 1. The Morgan fingerprint density at radius 1 is 0.953 bits per heavy atom. The van der Waals surface area contributed by atoms with Crippen molar-refractivity contribution in [2.45, 2.75) is 153 Å². The van der Waals surface area contributed by atoms with Crippen molar-refractivity contribution in [1.29, 1.82) is 0 Å². The van der Waals surface area contributed by atoms with Crippen LogP contribution in [0.15, 0.2) is 52.7 Å². The number of phenols is 1. The quantitative estimate of drug-likeness (QED) is 0.0497. The standard InChI is InChI=1S/C50H64N4O9S/c1-27(2)12-11-19-48(8)20-18-31-40(56)38-41(57)33-24-30-25-36-47(6,7)63-49(44(30)58,50(33,36)62-43(38)32(42(31)61-48)16-15-28(3)4)21-17-29(5)45(59)52-23-22-51-37(55)14-10-9-13-35-39-34(26-64-35)53-46(60)54-39/h12,15,17-18,20,24,30,34-36,39,56H,9-11,13-14,16,19,21-23,25-26H2,1-8H3,(H,51,55)(H,52,59)(H2,53,54,60)/b29-17-/t30?,34-,35-,36?,39-,48?,49?,50?/m0/s1. The lowest BCUT2D eigenvalue weighted by Gasteiger charge is -2.56. The van der Waals surface area contributed by atoms with Crippen LogP contribution >= 0.6 is 11.8 Å². The lowest BCUT2D eigenvalue weighted by Crippen LogP contribution is -2.72. The van der Waals surface area contributed by atoms with Gasteiger partial charge in [0.2, 0.25) is 11.8 Å². The predicted molar refractivity (Wildman–Crippen MR) is 247 cm³/mol. The Kier molecular flexibility index (Phi) is 12.3. The van der Waals surface area contributed by atoms with Gasteiger partial charge in [0.1, 0.15) is 28.4 Å². The zero-order valence-electron chi connectivity index (χ0n) is 38.5. The van der Waals surface area contributed by atoms with Crippen LogP contribution in [0.3, 0.4) is 0 Å². The SMILES string of the molecule is CC(C)=CCCC1(C)C=Cc2c(O)c3c(c(CC=C(C)C)c2O1)OC12C(=CC4CC1C(C)(C)OC2(C/C=C(/C)C(=O)NCCNC(=O)CCCC[C@@H]1SC[C@@H]2NC(=O)N[C@@H]21)C4=O)C3=O. The molecule has 5 heterocycles. The Hall–Kier alpha value is -4.82. The van der Waals surface area contributed by atoms with Crippen LogP contribution in [0.25, 0.3) is 6.08 Å². The largest absolute Gasteiger partial charge is 0.506 e. The summed E-state index contributed by atoms with van der Waals surface area (Å²) in [6.45, 7) is 16.1. The van der Waals surface area contributed by atoms with Crippen LogP contribution in [0, 0.1) is 11.8 Å². The van der Waals surface area contributed by atoms with E-state index in [1.807, 2.05) is 64.6 Å². The molecule has 8 atom stereocenters. The van der Waals surface area contributed by atoms with Gasteiger partial charge in [0.05, 0.1) is 23.2 Å². The van der Waals surface area contributed by atoms with Gasteiger partial charge >= 0.3 is 6.03 Å². The molecule has 3 saturated heterocycles. The number of carbonyl (C=O) groups excluding carboxylic acids is 5. The van der Waals surface area contributed by atoms with Gasteiger partial charge in [-0.15, -0.1) is 0 Å². The molecule has 8 aliphatic rings. The third-order valence-corrected chi connectivity index (χ3v) is 15.8. The topological polar surface area (TPSA) is 181 Å². The molecule has 14 heteroatoms. The minimum atomic E-state index is -1.64. The molecule has 1 aromatic carbocycles. The van der Waals surface area contributed by atoms with E-state index in [1.54, 1.807) is 19.1 Å². The average Bonchev–Trinajstić information content (AvgIpc) is 3.83. The van der Waals surface area contributed by atoms with Crippen molar-refractivity contribution in [3.8, 4) is 17.2 Å².